The van der Waals surface area contributed by atoms with Crippen LogP contribution < -0.4 is 18.9 Å². The molecular formula is C51H62N6O4. The Morgan fingerprint density at radius 3 is 1.80 bits per heavy atom. The lowest BCUT2D eigenvalue weighted by molar-refractivity contribution is -0.0174. The fourth-order valence-corrected chi connectivity index (χ4v) is 11.1. The standard InChI is InChI=1S/C51H62N6O4/c1-7-32(3)34-19-23-56(4)48(25-34)44(38-17-21-52-46-15-13-36(58-5)27-42(38)46)30-60-50-40-11-9-10-12-41(40)51(55-54-50)61-31-45(49-26-35-20-24-57(49)29-33(35)8-2)39-18-22-53-47-16-14-37(59-6)28-43(39)47/h9-18,21-22,27-28,32-35,44-45,48-49H,7-8,19-20,23-26,29-31H2,1-6H3/t32?,33?,34?,35?,44-,45-,48+,49+/m0/s1. The van der Waals surface area contributed by atoms with Crippen LogP contribution in [0.3, 0.4) is 0 Å². The summed E-state index contributed by atoms with van der Waals surface area (Å²) in [6.45, 7) is 11.3. The number of piperidine rings is 4. The van der Waals surface area contributed by atoms with Crippen LogP contribution in [0.15, 0.2) is 85.2 Å². The Hall–Kier alpha value is -5.06. The van der Waals surface area contributed by atoms with Crippen LogP contribution in [0, 0.1) is 23.7 Å². The van der Waals surface area contributed by atoms with E-state index in [2.05, 4.69) is 86.1 Å². The molecule has 0 amide bonds. The molecule has 0 spiro atoms. The number of aromatic nitrogens is 4. The van der Waals surface area contributed by atoms with Crippen molar-refractivity contribution in [3.8, 4) is 23.3 Å². The number of pyridine rings is 2. The maximum Gasteiger partial charge on any atom is 0.241 e. The molecule has 7 heterocycles. The van der Waals surface area contributed by atoms with Crippen molar-refractivity contribution in [1.29, 1.82) is 0 Å². The van der Waals surface area contributed by atoms with Gasteiger partial charge in [-0.05, 0) is 141 Å². The molecule has 0 saturated carbocycles. The number of likely N-dealkylation sites (tertiary alicyclic amines) is 1. The van der Waals surface area contributed by atoms with Gasteiger partial charge >= 0.3 is 0 Å². The lowest BCUT2D eigenvalue weighted by Gasteiger charge is -2.52. The van der Waals surface area contributed by atoms with Crippen LogP contribution in [-0.2, 0) is 0 Å². The van der Waals surface area contributed by atoms with Gasteiger partial charge in [-0.1, -0.05) is 45.7 Å². The molecule has 3 aromatic heterocycles. The molecule has 0 aliphatic carbocycles. The van der Waals surface area contributed by atoms with Crippen LogP contribution in [0.5, 0.6) is 23.3 Å². The number of nitrogens with zero attached hydrogens (tertiary/aromatic N) is 6. The largest absolute Gasteiger partial charge is 0.497 e. The number of benzene rings is 3. The first-order valence-corrected chi connectivity index (χ1v) is 22.7. The number of rotatable bonds is 15. The third-order valence-corrected chi connectivity index (χ3v) is 15.0. The first-order valence-electron chi connectivity index (χ1n) is 22.7. The summed E-state index contributed by atoms with van der Waals surface area (Å²) in [7, 11) is 5.71. The summed E-state index contributed by atoms with van der Waals surface area (Å²) in [4.78, 5) is 14.8. The van der Waals surface area contributed by atoms with Gasteiger partial charge < -0.3 is 23.8 Å². The van der Waals surface area contributed by atoms with Gasteiger partial charge in [-0.3, -0.25) is 14.9 Å². The van der Waals surface area contributed by atoms with E-state index in [-0.39, 0.29) is 17.9 Å². The summed E-state index contributed by atoms with van der Waals surface area (Å²) in [6.07, 6.45) is 11.0. The zero-order valence-corrected chi connectivity index (χ0v) is 36.8. The summed E-state index contributed by atoms with van der Waals surface area (Å²) in [6, 6.07) is 25.6. The van der Waals surface area contributed by atoms with Crippen molar-refractivity contribution in [2.24, 2.45) is 23.7 Å². The summed E-state index contributed by atoms with van der Waals surface area (Å²) < 4.78 is 25.2. The highest BCUT2D eigenvalue weighted by Gasteiger charge is 2.43. The Labute approximate surface area is 361 Å². The molecule has 10 nitrogen and oxygen atoms in total. The second kappa shape index (κ2) is 18.1. The van der Waals surface area contributed by atoms with E-state index in [1.54, 1.807) is 14.2 Å². The molecule has 4 saturated heterocycles. The lowest BCUT2D eigenvalue weighted by atomic mass is 9.70. The maximum atomic E-state index is 6.90. The fraction of sp³-hybridized carbons (Fsp3) is 0.490. The number of methoxy groups -OCH3 is 2. The topological polar surface area (TPSA) is 95.0 Å². The third kappa shape index (κ3) is 8.21. The van der Waals surface area contributed by atoms with Crippen LogP contribution in [0.2, 0.25) is 0 Å². The number of hydrogen-bond acceptors (Lipinski definition) is 10. The maximum absolute atomic E-state index is 6.90. The van der Waals surface area contributed by atoms with E-state index >= 15 is 0 Å². The predicted octanol–water partition coefficient (Wildman–Crippen LogP) is 9.95. The zero-order chi connectivity index (χ0) is 42.0. The SMILES string of the molecule is CCC(C)C1CCN(C)[C@@H]([C@@H](COc2nnc(OC[C@@H](c3ccnc4ccc(OC)cc34)[C@H]3CC4CCN3CC4CC)c3ccccc23)c2ccnc3ccc(OC)cc23)C1. The van der Waals surface area contributed by atoms with Gasteiger partial charge in [0.25, 0.3) is 0 Å². The van der Waals surface area contributed by atoms with Gasteiger partial charge in [0.2, 0.25) is 11.8 Å². The first kappa shape index (κ1) is 41.3. The van der Waals surface area contributed by atoms with Crippen LogP contribution in [0.1, 0.15) is 82.3 Å². The molecular weight excluding hydrogens is 761 g/mol. The van der Waals surface area contributed by atoms with Gasteiger partial charge in [-0.15, -0.1) is 10.2 Å². The van der Waals surface area contributed by atoms with Crippen LogP contribution >= 0.6 is 0 Å². The van der Waals surface area contributed by atoms with E-state index in [1.807, 2.05) is 36.7 Å². The van der Waals surface area contributed by atoms with Crippen molar-refractivity contribution >= 4 is 32.6 Å². The molecule has 3 aromatic carbocycles. The van der Waals surface area contributed by atoms with Crippen molar-refractivity contribution in [3.05, 3.63) is 96.3 Å². The van der Waals surface area contributed by atoms with E-state index in [0.717, 1.165) is 88.4 Å². The Morgan fingerprint density at radius 2 is 1.28 bits per heavy atom. The Balaban J connectivity index is 1.04. The highest BCUT2D eigenvalue weighted by atomic mass is 16.5. The number of likely N-dealkylation sites (N-methyl/N-ethyl adjacent to an activating group) is 1. The Bertz CT molecular complexity index is 2460. The lowest BCUT2D eigenvalue weighted by Crippen LogP contribution is -2.55. The van der Waals surface area contributed by atoms with Crippen molar-refractivity contribution < 1.29 is 18.9 Å². The highest BCUT2D eigenvalue weighted by molar-refractivity contribution is 5.90. The molecule has 9 atom stereocenters. The van der Waals surface area contributed by atoms with Gasteiger partial charge in [0, 0.05) is 53.6 Å². The van der Waals surface area contributed by atoms with Crippen LogP contribution in [0.4, 0.5) is 0 Å². The highest BCUT2D eigenvalue weighted by Crippen LogP contribution is 2.45. The molecule has 320 valence electrons. The summed E-state index contributed by atoms with van der Waals surface area (Å²) >= 11 is 0. The molecule has 0 N–H and O–H groups in total. The second-order valence-electron chi connectivity index (χ2n) is 18.0. The summed E-state index contributed by atoms with van der Waals surface area (Å²) in [5, 5.41) is 13.6. The zero-order valence-electron chi connectivity index (χ0n) is 36.8. The van der Waals surface area contributed by atoms with Gasteiger partial charge in [0.15, 0.2) is 0 Å². The molecule has 4 aliphatic heterocycles. The van der Waals surface area contributed by atoms with E-state index in [9.17, 15) is 0 Å². The summed E-state index contributed by atoms with van der Waals surface area (Å²) in [5.74, 6) is 5.63. The van der Waals surface area contributed by atoms with E-state index in [1.165, 1.54) is 36.8 Å². The normalized spacial score (nSPS) is 24.4. The van der Waals surface area contributed by atoms with Crippen molar-refractivity contribution in [1.82, 2.24) is 30.0 Å². The van der Waals surface area contributed by atoms with Gasteiger partial charge in [0.05, 0.1) is 49.2 Å². The first-order chi connectivity index (χ1) is 29.9. The molecule has 4 fully saturated rings. The quantitative estimate of drug-likeness (QED) is 0.0997. The Kier molecular flexibility index (Phi) is 12.3. The number of fused-ring (bicyclic) bond motifs is 6. The van der Waals surface area contributed by atoms with Gasteiger partial charge in [-0.2, -0.15) is 0 Å². The van der Waals surface area contributed by atoms with Crippen molar-refractivity contribution in [3.63, 3.8) is 0 Å². The Morgan fingerprint density at radius 1 is 0.689 bits per heavy atom. The van der Waals surface area contributed by atoms with Crippen LogP contribution in [-0.4, -0.2) is 96.2 Å². The molecule has 2 bridgehead atoms. The number of ether oxygens (including phenoxy) is 4. The minimum absolute atomic E-state index is 0.0497. The van der Waals surface area contributed by atoms with E-state index in [4.69, 9.17) is 39.1 Å². The third-order valence-electron chi connectivity index (χ3n) is 15.0. The molecule has 61 heavy (non-hydrogen) atoms. The molecule has 10 rings (SSSR count). The number of hydrogen-bond donors (Lipinski definition) is 0. The molecule has 10 heteroatoms. The smallest absolute Gasteiger partial charge is 0.241 e. The van der Waals surface area contributed by atoms with E-state index in [0.29, 0.717) is 42.9 Å². The second-order valence-corrected chi connectivity index (χ2v) is 18.0. The van der Waals surface area contributed by atoms with Crippen molar-refractivity contribution in [2.45, 2.75) is 83.2 Å². The predicted molar refractivity (Wildman–Crippen MR) is 243 cm³/mol. The molecule has 6 aromatic rings. The average molecular weight is 823 g/mol. The fourth-order valence-electron chi connectivity index (χ4n) is 11.1. The van der Waals surface area contributed by atoms with Crippen molar-refractivity contribution in [2.75, 3.05) is 54.1 Å². The average Bonchev–Trinajstić information content (AvgIpc) is 3.32. The van der Waals surface area contributed by atoms with Crippen LogP contribution in [0.25, 0.3) is 32.6 Å². The van der Waals surface area contributed by atoms with E-state index < -0.39 is 0 Å². The van der Waals surface area contributed by atoms with Gasteiger partial charge in [0.1, 0.15) is 11.5 Å². The monoisotopic (exact) mass is 822 g/mol. The minimum Gasteiger partial charge on any atom is -0.497 e. The van der Waals surface area contributed by atoms with Gasteiger partial charge in [-0.25, -0.2) is 0 Å². The molecule has 4 aliphatic rings. The summed E-state index contributed by atoms with van der Waals surface area (Å²) in [5.41, 5.74) is 4.37. The molecule has 5 unspecified atom stereocenters. The molecule has 0 radical (unpaired) electrons. The minimum atomic E-state index is 0.0497.